The van der Waals surface area contributed by atoms with Gasteiger partial charge in [-0.2, -0.15) is 0 Å². The number of anilines is 1. The highest BCUT2D eigenvalue weighted by atomic mass is 127. The molecule has 0 aliphatic rings. The Hall–Kier alpha value is -0.820. The van der Waals surface area contributed by atoms with Crippen molar-refractivity contribution in [1.82, 2.24) is 4.90 Å². The molecule has 0 saturated carbocycles. The van der Waals surface area contributed by atoms with Gasteiger partial charge < -0.3 is 16.0 Å². The molecule has 21 heavy (non-hydrogen) atoms. The van der Waals surface area contributed by atoms with Crippen molar-refractivity contribution in [3.8, 4) is 0 Å². The molecule has 1 aromatic carbocycles. The first-order chi connectivity index (χ1) is 9.38. The van der Waals surface area contributed by atoms with Crippen molar-refractivity contribution >= 4 is 35.6 Å². The number of nitrogens with two attached hydrogens (primary N) is 1. The maximum Gasteiger partial charge on any atom is 0.193 e. The smallest absolute Gasteiger partial charge is 0.193 e. The van der Waals surface area contributed by atoms with Crippen LogP contribution >= 0.6 is 24.0 Å². The fourth-order valence-electron chi connectivity index (χ4n) is 2.02. The van der Waals surface area contributed by atoms with Crippen LogP contribution < -0.4 is 11.1 Å². The highest BCUT2D eigenvalue weighted by molar-refractivity contribution is 14.0. The summed E-state index contributed by atoms with van der Waals surface area (Å²) in [6.45, 7) is 7.24. The van der Waals surface area contributed by atoms with Gasteiger partial charge in [0, 0.05) is 11.7 Å². The number of hydrogen-bond donors (Lipinski definition) is 2. The van der Waals surface area contributed by atoms with Crippen molar-refractivity contribution in [2.75, 3.05) is 26.0 Å². The van der Waals surface area contributed by atoms with Crippen molar-refractivity contribution in [3.63, 3.8) is 0 Å². The molecule has 1 atom stereocenters. The largest absolute Gasteiger partial charge is 0.370 e. The van der Waals surface area contributed by atoms with E-state index in [2.05, 4.69) is 62.2 Å². The highest BCUT2D eigenvalue weighted by Gasteiger charge is 2.12. The predicted octanol–water partition coefficient (Wildman–Crippen LogP) is 3.32. The second-order valence-corrected chi connectivity index (χ2v) is 5.96. The molecule has 0 amide bonds. The first-order valence-corrected chi connectivity index (χ1v) is 7.18. The third kappa shape index (κ3) is 8.26. The monoisotopic (exact) mass is 404 g/mol. The van der Waals surface area contributed by atoms with Crippen LogP contribution in [-0.2, 0) is 0 Å². The molecule has 0 heterocycles. The number of aryl methyl sites for hydroxylation is 1. The van der Waals surface area contributed by atoms with E-state index in [9.17, 15) is 0 Å². The predicted molar refractivity (Wildman–Crippen MR) is 104 cm³/mol. The van der Waals surface area contributed by atoms with E-state index < -0.39 is 0 Å². The molecule has 0 spiro atoms. The quantitative estimate of drug-likeness (QED) is 0.435. The Kier molecular flexibility index (Phi) is 9.61. The van der Waals surface area contributed by atoms with Crippen molar-refractivity contribution in [3.05, 3.63) is 29.8 Å². The molecule has 0 aromatic heterocycles. The molecule has 0 aliphatic heterocycles. The average molecular weight is 404 g/mol. The molecular weight excluding hydrogens is 375 g/mol. The van der Waals surface area contributed by atoms with Crippen LogP contribution in [0.5, 0.6) is 0 Å². The Morgan fingerprint density at radius 2 is 1.81 bits per heavy atom. The van der Waals surface area contributed by atoms with E-state index in [1.807, 2.05) is 12.1 Å². The zero-order valence-corrected chi connectivity index (χ0v) is 16.1. The standard InChI is InChI=1S/C16H28N4.HI/c1-12(2)10-15(20(4)5)11-18-16(17)19-14-8-6-13(3)7-9-14;/h6-9,12,15H,10-11H2,1-5H3,(H3,17,18,19);1H. The van der Waals surface area contributed by atoms with Gasteiger partial charge in [0.1, 0.15) is 0 Å². The number of aliphatic imine (C=N–C) groups is 1. The summed E-state index contributed by atoms with van der Waals surface area (Å²) in [5.41, 5.74) is 8.15. The molecule has 0 radical (unpaired) electrons. The Bertz CT molecular complexity index is 426. The fourth-order valence-corrected chi connectivity index (χ4v) is 2.02. The fraction of sp³-hybridized carbons (Fsp3) is 0.562. The van der Waals surface area contributed by atoms with Crippen molar-refractivity contribution in [2.24, 2.45) is 16.6 Å². The minimum absolute atomic E-state index is 0. The lowest BCUT2D eigenvalue weighted by molar-refractivity contribution is 0.261. The Morgan fingerprint density at radius 1 is 1.24 bits per heavy atom. The van der Waals surface area contributed by atoms with Crippen LogP contribution in [0.2, 0.25) is 0 Å². The molecule has 5 heteroatoms. The Labute approximate surface area is 146 Å². The van der Waals surface area contributed by atoms with Gasteiger partial charge in [0.05, 0.1) is 6.54 Å². The third-order valence-corrected chi connectivity index (χ3v) is 3.27. The first-order valence-electron chi connectivity index (χ1n) is 7.18. The van der Waals surface area contributed by atoms with Gasteiger partial charge in [0.25, 0.3) is 0 Å². The number of rotatable bonds is 6. The van der Waals surface area contributed by atoms with Gasteiger partial charge in [0.2, 0.25) is 0 Å². The number of nitrogens with zero attached hydrogens (tertiary/aromatic N) is 2. The average Bonchev–Trinajstić information content (AvgIpc) is 2.36. The van der Waals surface area contributed by atoms with Gasteiger partial charge >= 0.3 is 0 Å². The second kappa shape index (κ2) is 10.00. The number of benzene rings is 1. The molecule has 0 fully saturated rings. The summed E-state index contributed by atoms with van der Waals surface area (Å²) in [7, 11) is 4.18. The van der Waals surface area contributed by atoms with Crippen LogP contribution in [0.1, 0.15) is 25.8 Å². The summed E-state index contributed by atoms with van der Waals surface area (Å²) >= 11 is 0. The molecule has 0 aliphatic carbocycles. The second-order valence-electron chi connectivity index (χ2n) is 5.96. The lowest BCUT2D eigenvalue weighted by atomic mass is 10.0. The minimum atomic E-state index is 0. The summed E-state index contributed by atoms with van der Waals surface area (Å²) in [6.07, 6.45) is 1.12. The van der Waals surface area contributed by atoms with Gasteiger partial charge in [-0.1, -0.05) is 31.5 Å². The first kappa shape index (κ1) is 20.2. The van der Waals surface area contributed by atoms with Crippen LogP contribution in [0.25, 0.3) is 0 Å². The molecule has 120 valence electrons. The summed E-state index contributed by atoms with van der Waals surface area (Å²) in [5, 5.41) is 3.13. The Balaban J connectivity index is 0.00000400. The number of likely N-dealkylation sites (N-methyl/N-ethyl adjacent to an activating group) is 1. The van der Waals surface area contributed by atoms with Crippen LogP contribution in [-0.4, -0.2) is 37.5 Å². The molecule has 1 rings (SSSR count). The van der Waals surface area contributed by atoms with E-state index >= 15 is 0 Å². The molecule has 1 aromatic rings. The van der Waals surface area contributed by atoms with Gasteiger partial charge in [-0.3, -0.25) is 4.99 Å². The molecule has 4 nitrogen and oxygen atoms in total. The number of halogens is 1. The number of nitrogens with one attached hydrogen (secondary N) is 1. The summed E-state index contributed by atoms with van der Waals surface area (Å²) < 4.78 is 0. The van der Waals surface area contributed by atoms with E-state index in [0.717, 1.165) is 18.7 Å². The normalized spacial score (nSPS) is 13.2. The van der Waals surface area contributed by atoms with Crippen molar-refractivity contribution < 1.29 is 0 Å². The zero-order valence-electron chi connectivity index (χ0n) is 13.8. The minimum Gasteiger partial charge on any atom is -0.370 e. The summed E-state index contributed by atoms with van der Waals surface area (Å²) in [4.78, 5) is 6.67. The van der Waals surface area contributed by atoms with Crippen molar-refractivity contribution in [2.45, 2.75) is 33.2 Å². The van der Waals surface area contributed by atoms with Gasteiger partial charge in [0.15, 0.2) is 5.96 Å². The lowest BCUT2D eigenvalue weighted by Crippen LogP contribution is -2.34. The number of hydrogen-bond acceptors (Lipinski definition) is 2. The third-order valence-electron chi connectivity index (χ3n) is 3.27. The molecule has 0 saturated heterocycles. The molecule has 0 bridgehead atoms. The lowest BCUT2D eigenvalue weighted by Gasteiger charge is -2.24. The molecular formula is C16H29IN4. The van der Waals surface area contributed by atoms with E-state index in [4.69, 9.17) is 5.73 Å². The van der Waals surface area contributed by atoms with Crippen LogP contribution in [0.4, 0.5) is 5.69 Å². The maximum atomic E-state index is 5.94. The van der Waals surface area contributed by atoms with Crippen LogP contribution in [0.3, 0.4) is 0 Å². The van der Waals surface area contributed by atoms with E-state index in [1.54, 1.807) is 0 Å². The molecule has 3 N–H and O–H groups in total. The van der Waals surface area contributed by atoms with E-state index in [-0.39, 0.29) is 24.0 Å². The van der Waals surface area contributed by atoms with E-state index in [0.29, 0.717) is 17.9 Å². The summed E-state index contributed by atoms with van der Waals surface area (Å²) in [6, 6.07) is 8.55. The highest BCUT2D eigenvalue weighted by Crippen LogP contribution is 2.10. The van der Waals surface area contributed by atoms with Gasteiger partial charge in [-0.15, -0.1) is 24.0 Å². The zero-order chi connectivity index (χ0) is 15.1. The number of guanidine groups is 1. The maximum absolute atomic E-state index is 5.94. The Morgan fingerprint density at radius 3 is 2.29 bits per heavy atom. The van der Waals surface area contributed by atoms with Crippen molar-refractivity contribution in [1.29, 1.82) is 0 Å². The molecule has 1 unspecified atom stereocenters. The van der Waals surface area contributed by atoms with Crippen LogP contribution in [0.15, 0.2) is 29.3 Å². The summed E-state index contributed by atoms with van der Waals surface area (Å²) in [5.74, 6) is 1.13. The van der Waals surface area contributed by atoms with Gasteiger partial charge in [-0.25, -0.2) is 0 Å². The topological polar surface area (TPSA) is 53.6 Å². The SMILES string of the molecule is Cc1ccc(NC(N)=NCC(CC(C)C)N(C)C)cc1.I. The van der Waals surface area contributed by atoms with E-state index in [1.165, 1.54) is 5.56 Å². The van der Waals surface area contributed by atoms with Crippen LogP contribution in [0, 0.1) is 12.8 Å². The van der Waals surface area contributed by atoms with Gasteiger partial charge in [-0.05, 0) is 45.5 Å².